The van der Waals surface area contributed by atoms with Crippen molar-refractivity contribution in [2.75, 3.05) is 5.32 Å². The van der Waals surface area contributed by atoms with Crippen LogP contribution in [-0.2, 0) is 12.7 Å². The fourth-order valence-electron chi connectivity index (χ4n) is 1.96. The molecule has 0 radical (unpaired) electrons. The van der Waals surface area contributed by atoms with E-state index in [0.717, 1.165) is 17.8 Å². The molecule has 0 saturated carbocycles. The second-order valence-electron chi connectivity index (χ2n) is 4.93. The van der Waals surface area contributed by atoms with Crippen LogP contribution in [0.15, 0.2) is 35.2 Å². The van der Waals surface area contributed by atoms with Gasteiger partial charge in [0.05, 0.1) is 24.1 Å². The van der Waals surface area contributed by atoms with Crippen molar-refractivity contribution in [2.45, 2.75) is 32.6 Å². The molecule has 0 fully saturated rings. The maximum atomic E-state index is 12.7. The number of hydrogen-bond donors (Lipinski definition) is 1. The Morgan fingerprint density at radius 2 is 2.05 bits per heavy atom. The fourth-order valence-corrected chi connectivity index (χ4v) is 2.34. The molecule has 3 nitrogen and oxygen atoms in total. The van der Waals surface area contributed by atoms with Crippen molar-refractivity contribution < 1.29 is 13.2 Å². The maximum absolute atomic E-state index is 12.7. The highest BCUT2D eigenvalue weighted by molar-refractivity contribution is 9.10. The molecule has 2 rings (SSSR count). The van der Waals surface area contributed by atoms with E-state index in [9.17, 15) is 13.2 Å². The van der Waals surface area contributed by atoms with Crippen molar-refractivity contribution in [2.24, 2.45) is 0 Å². The molecule has 0 aliphatic rings. The lowest BCUT2D eigenvalue weighted by atomic mass is 10.2. The van der Waals surface area contributed by atoms with Gasteiger partial charge in [-0.25, -0.2) is 4.98 Å². The third-order valence-corrected chi connectivity index (χ3v) is 3.75. The number of benzene rings is 1. The lowest BCUT2D eigenvalue weighted by Gasteiger charge is -2.15. The predicted octanol–water partition coefficient (Wildman–Crippen LogP) is 4.86. The molecule has 0 aliphatic heterocycles. The first-order valence-corrected chi connectivity index (χ1v) is 7.19. The highest BCUT2D eigenvalue weighted by Crippen LogP contribution is 2.34. The molecular formula is C14H15BrF3N3. The molecule has 7 heteroatoms. The van der Waals surface area contributed by atoms with Crippen molar-refractivity contribution in [1.29, 1.82) is 0 Å². The lowest BCUT2D eigenvalue weighted by molar-refractivity contribution is -0.137. The standard InChI is InChI=1S/C14H15BrF3N3/c1-9(2)21-8-19-6-11(21)7-20-13-5-10(14(16,17)18)3-4-12(13)15/h3-6,8-9,20H,7H2,1-2H3. The summed E-state index contributed by atoms with van der Waals surface area (Å²) in [5.41, 5.74) is 0.640. The average molecular weight is 362 g/mol. The van der Waals surface area contributed by atoms with Gasteiger partial charge in [-0.3, -0.25) is 0 Å². The molecule has 1 heterocycles. The van der Waals surface area contributed by atoms with Crippen LogP contribution >= 0.6 is 15.9 Å². The first-order chi connectivity index (χ1) is 9.79. The summed E-state index contributed by atoms with van der Waals surface area (Å²) in [6.45, 7) is 4.44. The van der Waals surface area contributed by atoms with Crippen molar-refractivity contribution >= 4 is 21.6 Å². The number of halogens is 4. The molecule has 0 amide bonds. The van der Waals surface area contributed by atoms with E-state index in [0.29, 0.717) is 16.7 Å². The Kier molecular flexibility index (Phi) is 4.61. The minimum Gasteiger partial charge on any atom is -0.378 e. The van der Waals surface area contributed by atoms with Gasteiger partial charge in [0.15, 0.2) is 0 Å². The number of nitrogens with zero attached hydrogens (tertiary/aromatic N) is 2. The van der Waals surface area contributed by atoms with Gasteiger partial charge in [0.1, 0.15) is 0 Å². The first kappa shape index (κ1) is 15.9. The van der Waals surface area contributed by atoms with Gasteiger partial charge < -0.3 is 9.88 Å². The largest absolute Gasteiger partial charge is 0.416 e. The van der Waals surface area contributed by atoms with E-state index in [1.165, 1.54) is 6.07 Å². The average Bonchev–Trinajstić information content (AvgIpc) is 2.85. The predicted molar refractivity (Wildman–Crippen MR) is 79.1 cm³/mol. The molecule has 1 aromatic carbocycles. The van der Waals surface area contributed by atoms with E-state index in [4.69, 9.17) is 0 Å². The smallest absolute Gasteiger partial charge is 0.378 e. The summed E-state index contributed by atoms with van der Waals surface area (Å²) in [7, 11) is 0. The third kappa shape index (κ3) is 3.78. The number of aromatic nitrogens is 2. The Morgan fingerprint density at radius 1 is 1.33 bits per heavy atom. The van der Waals surface area contributed by atoms with Gasteiger partial charge in [0.25, 0.3) is 0 Å². The van der Waals surface area contributed by atoms with E-state index in [1.54, 1.807) is 12.5 Å². The SMILES string of the molecule is CC(C)n1cncc1CNc1cc(C(F)(F)F)ccc1Br. The number of alkyl halides is 3. The third-order valence-electron chi connectivity index (χ3n) is 3.06. The summed E-state index contributed by atoms with van der Waals surface area (Å²) < 4.78 is 40.7. The molecule has 114 valence electrons. The molecule has 21 heavy (non-hydrogen) atoms. The molecular weight excluding hydrogens is 347 g/mol. The molecule has 0 unspecified atom stereocenters. The van der Waals surface area contributed by atoms with Crippen molar-refractivity contribution in [3.8, 4) is 0 Å². The molecule has 0 spiro atoms. The van der Waals surface area contributed by atoms with E-state index in [-0.39, 0.29) is 6.04 Å². The minimum atomic E-state index is -4.35. The minimum absolute atomic E-state index is 0.245. The molecule has 0 atom stereocenters. The summed E-state index contributed by atoms with van der Waals surface area (Å²) in [5.74, 6) is 0. The molecule has 0 saturated heterocycles. The van der Waals surface area contributed by atoms with Gasteiger partial charge in [-0.1, -0.05) is 0 Å². The van der Waals surface area contributed by atoms with Crippen LogP contribution in [0, 0.1) is 0 Å². The van der Waals surface area contributed by atoms with E-state index < -0.39 is 11.7 Å². The molecule has 2 aromatic rings. The van der Waals surface area contributed by atoms with Gasteiger partial charge in [0.2, 0.25) is 0 Å². The fraction of sp³-hybridized carbons (Fsp3) is 0.357. The van der Waals surface area contributed by atoms with Gasteiger partial charge in [-0.05, 0) is 48.0 Å². The Morgan fingerprint density at radius 3 is 2.67 bits per heavy atom. The van der Waals surface area contributed by atoms with Crippen LogP contribution in [0.1, 0.15) is 31.1 Å². The summed E-state index contributed by atoms with van der Waals surface area (Å²) in [5, 5.41) is 3.02. The van der Waals surface area contributed by atoms with Crippen LogP contribution < -0.4 is 5.32 Å². The van der Waals surface area contributed by atoms with Gasteiger partial charge in [-0.2, -0.15) is 13.2 Å². The Balaban J connectivity index is 2.18. The number of imidazole rings is 1. The maximum Gasteiger partial charge on any atom is 0.416 e. The van der Waals surface area contributed by atoms with Crippen LogP contribution in [0.5, 0.6) is 0 Å². The van der Waals surface area contributed by atoms with Crippen LogP contribution in [-0.4, -0.2) is 9.55 Å². The summed E-state index contributed by atoms with van der Waals surface area (Å²) in [4.78, 5) is 4.07. The Hall–Kier alpha value is -1.50. The van der Waals surface area contributed by atoms with Crippen molar-refractivity contribution in [3.63, 3.8) is 0 Å². The van der Waals surface area contributed by atoms with Crippen LogP contribution in [0.25, 0.3) is 0 Å². The summed E-state index contributed by atoms with van der Waals surface area (Å²) >= 11 is 3.26. The van der Waals surface area contributed by atoms with E-state index >= 15 is 0 Å². The quantitative estimate of drug-likeness (QED) is 0.842. The zero-order valence-electron chi connectivity index (χ0n) is 11.6. The lowest BCUT2D eigenvalue weighted by Crippen LogP contribution is -2.10. The number of anilines is 1. The monoisotopic (exact) mass is 361 g/mol. The summed E-state index contributed by atoms with van der Waals surface area (Å²) in [6, 6.07) is 3.79. The second kappa shape index (κ2) is 6.09. The Labute approximate surface area is 129 Å². The van der Waals surface area contributed by atoms with Crippen molar-refractivity contribution in [1.82, 2.24) is 9.55 Å². The molecule has 0 aliphatic carbocycles. The highest BCUT2D eigenvalue weighted by Gasteiger charge is 2.30. The van der Waals surface area contributed by atoms with Crippen LogP contribution in [0.4, 0.5) is 18.9 Å². The zero-order chi connectivity index (χ0) is 15.6. The van der Waals surface area contributed by atoms with Crippen LogP contribution in [0.2, 0.25) is 0 Å². The van der Waals surface area contributed by atoms with E-state index in [1.807, 2.05) is 18.4 Å². The molecule has 1 aromatic heterocycles. The van der Waals surface area contributed by atoms with Gasteiger partial charge in [0, 0.05) is 22.4 Å². The van der Waals surface area contributed by atoms with Gasteiger partial charge >= 0.3 is 6.18 Å². The normalized spacial score (nSPS) is 12.0. The number of rotatable bonds is 4. The van der Waals surface area contributed by atoms with Crippen molar-refractivity contribution in [3.05, 3.63) is 46.5 Å². The highest BCUT2D eigenvalue weighted by atomic mass is 79.9. The van der Waals surface area contributed by atoms with Gasteiger partial charge in [-0.15, -0.1) is 0 Å². The van der Waals surface area contributed by atoms with E-state index in [2.05, 4.69) is 26.2 Å². The molecule has 1 N–H and O–H groups in total. The Bertz CT molecular complexity index is 620. The topological polar surface area (TPSA) is 29.9 Å². The molecule has 0 bridgehead atoms. The zero-order valence-corrected chi connectivity index (χ0v) is 13.2. The summed E-state index contributed by atoms with van der Waals surface area (Å²) in [6.07, 6.45) is -0.936. The number of nitrogens with one attached hydrogen (secondary N) is 1. The van der Waals surface area contributed by atoms with Crippen LogP contribution in [0.3, 0.4) is 0 Å². The second-order valence-corrected chi connectivity index (χ2v) is 5.79. The first-order valence-electron chi connectivity index (χ1n) is 6.40. The number of hydrogen-bond acceptors (Lipinski definition) is 2.